The normalized spacial score (nSPS) is 29.6. The quantitative estimate of drug-likeness (QED) is 0.854. The highest BCUT2D eigenvalue weighted by Gasteiger charge is 2.53. The molecule has 2 nitrogen and oxygen atoms in total. The standard InChI is InChI=1S/C18H27NO/c1-3-19-17(18-15-9-4-5-10-16(15)18)12-13-7-6-8-14(11-13)20-2/h6-8,11,15-19H,3-5,9-10,12H2,1-2H3. The van der Waals surface area contributed by atoms with Gasteiger partial charge in [0.25, 0.3) is 0 Å². The van der Waals surface area contributed by atoms with Gasteiger partial charge in [0, 0.05) is 6.04 Å². The summed E-state index contributed by atoms with van der Waals surface area (Å²) in [5.74, 6) is 3.92. The number of likely N-dealkylation sites (N-methyl/N-ethyl adjacent to an activating group) is 1. The molecule has 110 valence electrons. The molecular weight excluding hydrogens is 246 g/mol. The lowest BCUT2D eigenvalue weighted by Gasteiger charge is -2.19. The maximum absolute atomic E-state index is 5.35. The minimum atomic E-state index is 0.653. The average Bonchev–Trinajstić information content (AvgIpc) is 3.21. The summed E-state index contributed by atoms with van der Waals surface area (Å²) < 4.78 is 5.35. The molecular formula is C18H27NO. The van der Waals surface area contributed by atoms with Gasteiger partial charge in [-0.05, 0) is 61.3 Å². The van der Waals surface area contributed by atoms with Crippen LogP contribution in [0.5, 0.6) is 5.75 Å². The van der Waals surface area contributed by atoms with Crippen molar-refractivity contribution in [2.75, 3.05) is 13.7 Å². The van der Waals surface area contributed by atoms with Crippen molar-refractivity contribution in [3.63, 3.8) is 0 Å². The van der Waals surface area contributed by atoms with Crippen molar-refractivity contribution in [1.82, 2.24) is 5.32 Å². The number of nitrogens with one attached hydrogen (secondary N) is 1. The monoisotopic (exact) mass is 273 g/mol. The summed E-state index contributed by atoms with van der Waals surface area (Å²) >= 11 is 0. The predicted octanol–water partition coefficient (Wildman–Crippen LogP) is 3.65. The van der Waals surface area contributed by atoms with Gasteiger partial charge in [-0.3, -0.25) is 0 Å². The third kappa shape index (κ3) is 2.85. The molecule has 1 N–H and O–H groups in total. The summed E-state index contributed by atoms with van der Waals surface area (Å²) in [5, 5.41) is 3.75. The predicted molar refractivity (Wildman–Crippen MR) is 83.1 cm³/mol. The summed E-state index contributed by atoms with van der Waals surface area (Å²) in [6.45, 7) is 3.30. The second-order valence-electron chi connectivity index (χ2n) is 6.41. The summed E-state index contributed by atoms with van der Waals surface area (Å²) in [7, 11) is 1.75. The third-order valence-corrected chi connectivity index (χ3v) is 5.24. The van der Waals surface area contributed by atoms with E-state index >= 15 is 0 Å². The van der Waals surface area contributed by atoms with Crippen molar-refractivity contribution in [1.29, 1.82) is 0 Å². The van der Waals surface area contributed by atoms with Gasteiger partial charge in [-0.2, -0.15) is 0 Å². The molecule has 2 saturated carbocycles. The molecule has 3 unspecified atom stereocenters. The number of hydrogen-bond donors (Lipinski definition) is 1. The maximum Gasteiger partial charge on any atom is 0.119 e. The Labute approximate surface area is 122 Å². The van der Waals surface area contributed by atoms with Crippen LogP contribution in [0, 0.1) is 17.8 Å². The van der Waals surface area contributed by atoms with Crippen molar-refractivity contribution in [2.24, 2.45) is 17.8 Å². The lowest BCUT2D eigenvalue weighted by Crippen LogP contribution is -2.34. The summed E-state index contributed by atoms with van der Waals surface area (Å²) in [5.41, 5.74) is 1.40. The van der Waals surface area contributed by atoms with Gasteiger partial charge in [0.15, 0.2) is 0 Å². The fraction of sp³-hybridized carbons (Fsp3) is 0.667. The van der Waals surface area contributed by atoms with Gasteiger partial charge >= 0.3 is 0 Å². The van der Waals surface area contributed by atoms with E-state index in [1.807, 2.05) is 6.07 Å². The highest BCUT2D eigenvalue weighted by molar-refractivity contribution is 5.29. The molecule has 0 spiro atoms. The van der Waals surface area contributed by atoms with Crippen LogP contribution in [0.3, 0.4) is 0 Å². The zero-order valence-electron chi connectivity index (χ0n) is 12.8. The molecule has 0 aromatic heterocycles. The highest BCUT2D eigenvalue weighted by atomic mass is 16.5. The first-order valence-corrected chi connectivity index (χ1v) is 8.19. The molecule has 20 heavy (non-hydrogen) atoms. The van der Waals surface area contributed by atoms with E-state index in [-0.39, 0.29) is 0 Å². The van der Waals surface area contributed by atoms with Crippen molar-refractivity contribution in [3.05, 3.63) is 29.8 Å². The van der Waals surface area contributed by atoms with Crippen LogP contribution in [0.2, 0.25) is 0 Å². The molecule has 1 aromatic rings. The van der Waals surface area contributed by atoms with Gasteiger partial charge in [-0.1, -0.05) is 31.9 Å². The molecule has 0 heterocycles. The Morgan fingerprint density at radius 3 is 2.65 bits per heavy atom. The van der Waals surface area contributed by atoms with Crippen LogP contribution >= 0.6 is 0 Å². The van der Waals surface area contributed by atoms with Gasteiger partial charge in [0.1, 0.15) is 5.75 Å². The molecule has 2 aliphatic carbocycles. The smallest absolute Gasteiger partial charge is 0.119 e. The fourth-order valence-electron chi connectivity index (χ4n) is 4.30. The third-order valence-electron chi connectivity index (χ3n) is 5.24. The van der Waals surface area contributed by atoms with Gasteiger partial charge in [0.2, 0.25) is 0 Å². The molecule has 2 fully saturated rings. The van der Waals surface area contributed by atoms with E-state index in [0.29, 0.717) is 6.04 Å². The molecule has 2 heteroatoms. The van der Waals surface area contributed by atoms with E-state index < -0.39 is 0 Å². The van der Waals surface area contributed by atoms with Crippen LogP contribution in [0.4, 0.5) is 0 Å². The molecule has 1 aromatic carbocycles. The first kappa shape index (κ1) is 13.9. The lowest BCUT2D eigenvalue weighted by molar-refractivity contribution is 0.411. The number of hydrogen-bond acceptors (Lipinski definition) is 2. The minimum absolute atomic E-state index is 0.653. The van der Waals surface area contributed by atoms with E-state index in [1.165, 1.54) is 31.2 Å². The molecule has 3 rings (SSSR count). The Hall–Kier alpha value is -1.02. The van der Waals surface area contributed by atoms with Crippen LogP contribution in [-0.4, -0.2) is 19.7 Å². The van der Waals surface area contributed by atoms with E-state index in [2.05, 4.69) is 30.4 Å². The summed E-state index contributed by atoms with van der Waals surface area (Å²) in [6, 6.07) is 9.22. The van der Waals surface area contributed by atoms with E-state index in [1.54, 1.807) is 7.11 Å². The number of ether oxygens (including phenoxy) is 1. The topological polar surface area (TPSA) is 21.3 Å². The zero-order chi connectivity index (χ0) is 13.9. The van der Waals surface area contributed by atoms with Crippen molar-refractivity contribution in [2.45, 2.75) is 45.1 Å². The Kier molecular flexibility index (Phi) is 4.30. The molecule has 3 atom stereocenters. The Morgan fingerprint density at radius 1 is 1.25 bits per heavy atom. The second kappa shape index (κ2) is 6.17. The average molecular weight is 273 g/mol. The Morgan fingerprint density at radius 2 is 2.00 bits per heavy atom. The largest absolute Gasteiger partial charge is 0.497 e. The molecule has 0 bridgehead atoms. The van der Waals surface area contributed by atoms with E-state index in [9.17, 15) is 0 Å². The van der Waals surface area contributed by atoms with Gasteiger partial charge < -0.3 is 10.1 Å². The number of methoxy groups -OCH3 is 1. The summed E-state index contributed by atoms with van der Waals surface area (Å²) in [4.78, 5) is 0. The first-order chi connectivity index (χ1) is 9.83. The van der Waals surface area contributed by atoms with E-state index in [4.69, 9.17) is 4.74 Å². The van der Waals surface area contributed by atoms with E-state index in [0.717, 1.165) is 36.5 Å². The molecule has 2 aliphatic rings. The number of benzene rings is 1. The highest BCUT2D eigenvalue weighted by Crippen LogP contribution is 2.57. The Bertz CT molecular complexity index is 433. The fourth-order valence-corrected chi connectivity index (χ4v) is 4.30. The Balaban J connectivity index is 1.68. The minimum Gasteiger partial charge on any atom is -0.497 e. The SMILES string of the molecule is CCNC(Cc1cccc(OC)c1)C1C2CCCCC21. The van der Waals surface area contributed by atoms with Gasteiger partial charge in [-0.15, -0.1) is 0 Å². The van der Waals surface area contributed by atoms with Crippen molar-refractivity contribution >= 4 is 0 Å². The van der Waals surface area contributed by atoms with Gasteiger partial charge in [-0.25, -0.2) is 0 Å². The number of fused-ring (bicyclic) bond motifs is 1. The van der Waals surface area contributed by atoms with Crippen LogP contribution in [0.15, 0.2) is 24.3 Å². The molecule has 0 aliphatic heterocycles. The van der Waals surface area contributed by atoms with Crippen LogP contribution < -0.4 is 10.1 Å². The number of rotatable bonds is 6. The van der Waals surface area contributed by atoms with Crippen LogP contribution in [0.25, 0.3) is 0 Å². The van der Waals surface area contributed by atoms with Crippen molar-refractivity contribution in [3.8, 4) is 5.75 Å². The van der Waals surface area contributed by atoms with Crippen molar-refractivity contribution < 1.29 is 4.74 Å². The molecule has 0 radical (unpaired) electrons. The zero-order valence-corrected chi connectivity index (χ0v) is 12.8. The van der Waals surface area contributed by atoms with Crippen LogP contribution in [-0.2, 0) is 6.42 Å². The second-order valence-corrected chi connectivity index (χ2v) is 6.41. The maximum atomic E-state index is 5.35. The van der Waals surface area contributed by atoms with Gasteiger partial charge in [0.05, 0.1) is 7.11 Å². The molecule has 0 amide bonds. The molecule has 0 saturated heterocycles. The first-order valence-electron chi connectivity index (χ1n) is 8.19. The van der Waals surface area contributed by atoms with Crippen LogP contribution in [0.1, 0.15) is 38.2 Å². The lowest BCUT2D eigenvalue weighted by atomic mass is 9.99. The summed E-state index contributed by atoms with van der Waals surface area (Å²) in [6.07, 6.45) is 6.98.